The Hall–Kier alpha value is -3.35. The number of nitrogens with zero attached hydrogens (tertiary/aromatic N) is 1. The Kier molecular flexibility index (Phi) is 8.02. The van der Waals surface area contributed by atoms with E-state index in [-0.39, 0.29) is 25.5 Å². The third-order valence-corrected chi connectivity index (χ3v) is 3.92. The molecule has 2 rings (SSSR count). The van der Waals surface area contributed by atoms with Crippen molar-refractivity contribution in [1.82, 2.24) is 4.90 Å². The molecule has 7 heteroatoms. The Morgan fingerprint density at radius 2 is 1.68 bits per heavy atom. The Balaban J connectivity index is 1.96. The first-order valence-electron chi connectivity index (χ1n) is 8.99. The minimum Gasteiger partial charge on any atom is -0.484 e. The van der Waals surface area contributed by atoms with Crippen LogP contribution in [0.1, 0.15) is 29.3 Å². The number of hydrogen-bond acceptors (Lipinski definition) is 5. The Labute approximate surface area is 164 Å². The maximum atomic E-state index is 12.6. The first-order chi connectivity index (χ1) is 13.5. The lowest BCUT2D eigenvalue weighted by Gasteiger charge is -2.22. The summed E-state index contributed by atoms with van der Waals surface area (Å²) in [7, 11) is 0. The third-order valence-electron chi connectivity index (χ3n) is 3.92. The zero-order valence-electron chi connectivity index (χ0n) is 15.8. The van der Waals surface area contributed by atoms with Crippen LogP contribution >= 0.6 is 0 Å². The van der Waals surface area contributed by atoms with E-state index in [2.05, 4.69) is 0 Å². The predicted molar refractivity (Wildman–Crippen MR) is 104 cm³/mol. The van der Waals surface area contributed by atoms with E-state index >= 15 is 0 Å². The molecule has 0 unspecified atom stereocenters. The van der Waals surface area contributed by atoms with E-state index in [0.29, 0.717) is 24.5 Å². The van der Waals surface area contributed by atoms with Crippen molar-refractivity contribution < 1.29 is 23.9 Å². The van der Waals surface area contributed by atoms with Gasteiger partial charge in [-0.2, -0.15) is 0 Å². The maximum Gasteiger partial charge on any atom is 0.338 e. The molecular weight excluding hydrogens is 360 g/mol. The maximum absolute atomic E-state index is 12.6. The van der Waals surface area contributed by atoms with Crippen molar-refractivity contribution in [3.8, 4) is 5.75 Å². The van der Waals surface area contributed by atoms with Crippen molar-refractivity contribution >= 4 is 17.8 Å². The zero-order valence-corrected chi connectivity index (χ0v) is 15.8. The smallest absolute Gasteiger partial charge is 0.338 e. The van der Waals surface area contributed by atoms with Gasteiger partial charge in [0.2, 0.25) is 5.91 Å². The van der Waals surface area contributed by atoms with Crippen molar-refractivity contribution in [3.05, 3.63) is 65.7 Å². The highest BCUT2D eigenvalue weighted by Crippen LogP contribution is 2.14. The van der Waals surface area contributed by atoms with Gasteiger partial charge in [-0.15, -0.1) is 0 Å². The molecule has 2 aromatic rings. The number of carbonyl (C=O) groups excluding carboxylic acids is 3. The lowest BCUT2D eigenvalue weighted by atomic mass is 10.2. The summed E-state index contributed by atoms with van der Waals surface area (Å²) in [6.45, 7) is 2.42. The third kappa shape index (κ3) is 6.75. The number of primary amides is 1. The van der Waals surface area contributed by atoms with Gasteiger partial charge in [-0.05, 0) is 36.8 Å². The van der Waals surface area contributed by atoms with Crippen LogP contribution in [0.2, 0.25) is 0 Å². The largest absolute Gasteiger partial charge is 0.484 e. The van der Waals surface area contributed by atoms with Crippen LogP contribution in [-0.2, 0) is 20.9 Å². The molecule has 0 spiro atoms. The van der Waals surface area contributed by atoms with Gasteiger partial charge in [0.1, 0.15) is 5.75 Å². The average molecular weight is 384 g/mol. The average Bonchev–Trinajstić information content (AvgIpc) is 2.70. The van der Waals surface area contributed by atoms with Gasteiger partial charge in [-0.25, -0.2) is 4.79 Å². The van der Waals surface area contributed by atoms with Gasteiger partial charge >= 0.3 is 5.97 Å². The van der Waals surface area contributed by atoms with E-state index in [1.807, 2.05) is 30.3 Å². The number of nitrogens with two attached hydrogens (primary N) is 1. The van der Waals surface area contributed by atoms with Gasteiger partial charge in [-0.1, -0.05) is 30.3 Å². The van der Waals surface area contributed by atoms with Crippen LogP contribution in [0.4, 0.5) is 0 Å². The van der Waals surface area contributed by atoms with E-state index in [9.17, 15) is 14.4 Å². The first kappa shape index (κ1) is 21.0. The van der Waals surface area contributed by atoms with Crippen LogP contribution in [0.15, 0.2) is 54.6 Å². The molecule has 2 amide bonds. The molecule has 0 radical (unpaired) electrons. The number of hydrogen-bond donors (Lipinski definition) is 1. The number of esters is 1. The summed E-state index contributed by atoms with van der Waals surface area (Å²) in [6.07, 6.45) is 0.0762. The van der Waals surface area contributed by atoms with Crippen LogP contribution in [0.5, 0.6) is 5.75 Å². The number of carbonyl (C=O) groups is 3. The molecule has 0 aliphatic rings. The van der Waals surface area contributed by atoms with E-state index in [4.69, 9.17) is 15.2 Å². The zero-order chi connectivity index (χ0) is 20.4. The van der Waals surface area contributed by atoms with Crippen LogP contribution < -0.4 is 10.5 Å². The molecule has 0 aliphatic carbocycles. The molecule has 0 atom stereocenters. The fourth-order valence-electron chi connectivity index (χ4n) is 2.48. The van der Waals surface area contributed by atoms with Crippen LogP contribution in [0.3, 0.4) is 0 Å². The van der Waals surface area contributed by atoms with Gasteiger partial charge in [0.25, 0.3) is 5.91 Å². The monoisotopic (exact) mass is 384 g/mol. The number of amides is 2. The summed E-state index contributed by atoms with van der Waals surface area (Å²) in [6, 6.07) is 15.8. The second-order valence-electron chi connectivity index (χ2n) is 6.05. The lowest BCUT2D eigenvalue weighted by Crippen LogP contribution is -2.36. The van der Waals surface area contributed by atoms with E-state index in [1.54, 1.807) is 31.2 Å². The van der Waals surface area contributed by atoms with Crippen molar-refractivity contribution in [2.45, 2.75) is 19.9 Å². The fraction of sp³-hybridized carbons (Fsp3) is 0.286. The normalized spacial score (nSPS) is 10.2. The van der Waals surface area contributed by atoms with Gasteiger partial charge in [0, 0.05) is 19.5 Å². The summed E-state index contributed by atoms with van der Waals surface area (Å²) >= 11 is 0. The predicted octanol–water partition coefficient (Wildman–Crippen LogP) is 2.15. The van der Waals surface area contributed by atoms with Gasteiger partial charge in [-0.3, -0.25) is 9.59 Å². The molecular formula is C21H24N2O5. The Morgan fingerprint density at radius 3 is 2.29 bits per heavy atom. The van der Waals surface area contributed by atoms with E-state index in [0.717, 1.165) is 5.56 Å². The van der Waals surface area contributed by atoms with Gasteiger partial charge in [0.05, 0.1) is 12.2 Å². The second kappa shape index (κ2) is 10.7. The molecule has 2 N–H and O–H groups in total. The topological polar surface area (TPSA) is 98.9 Å². The van der Waals surface area contributed by atoms with Crippen molar-refractivity contribution in [2.24, 2.45) is 5.73 Å². The molecule has 0 heterocycles. The van der Waals surface area contributed by atoms with Gasteiger partial charge in [0.15, 0.2) is 6.61 Å². The van der Waals surface area contributed by atoms with Gasteiger partial charge < -0.3 is 20.1 Å². The van der Waals surface area contributed by atoms with Crippen molar-refractivity contribution in [2.75, 3.05) is 19.8 Å². The van der Waals surface area contributed by atoms with Crippen LogP contribution in [0.25, 0.3) is 0 Å². The standard InChI is InChI=1S/C21H24N2O5/c1-2-27-21(26)17-8-10-18(11-9-17)28-15-20(25)23(13-12-19(22)24)14-16-6-4-3-5-7-16/h3-11H,2,12-15H2,1H3,(H2,22,24). The van der Waals surface area contributed by atoms with Crippen molar-refractivity contribution in [3.63, 3.8) is 0 Å². The Bertz CT molecular complexity index is 790. The quantitative estimate of drug-likeness (QED) is 0.633. The summed E-state index contributed by atoms with van der Waals surface area (Å²) < 4.78 is 10.5. The summed E-state index contributed by atoms with van der Waals surface area (Å²) in [5, 5.41) is 0. The molecule has 0 aliphatic heterocycles. The molecule has 7 nitrogen and oxygen atoms in total. The van der Waals surface area contributed by atoms with Crippen molar-refractivity contribution in [1.29, 1.82) is 0 Å². The van der Waals surface area contributed by atoms with Crippen LogP contribution in [0, 0.1) is 0 Å². The molecule has 0 fully saturated rings. The number of benzene rings is 2. The SMILES string of the molecule is CCOC(=O)c1ccc(OCC(=O)N(CCC(N)=O)Cc2ccccc2)cc1. The van der Waals surface area contributed by atoms with E-state index < -0.39 is 11.9 Å². The first-order valence-corrected chi connectivity index (χ1v) is 8.99. The molecule has 0 aromatic heterocycles. The number of rotatable bonds is 10. The second-order valence-corrected chi connectivity index (χ2v) is 6.05. The molecule has 0 saturated carbocycles. The summed E-state index contributed by atoms with van der Waals surface area (Å²) in [4.78, 5) is 36.9. The van der Waals surface area contributed by atoms with Crippen LogP contribution in [-0.4, -0.2) is 42.4 Å². The molecule has 0 saturated heterocycles. The minimum absolute atomic E-state index is 0.0762. The summed E-state index contributed by atoms with van der Waals surface area (Å²) in [5.74, 6) is -0.692. The molecule has 148 valence electrons. The molecule has 2 aromatic carbocycles. The number of ether oxygens (including phenoxy) is 2. The molecule has 28 heavy (non-hydrogen) atoms. The minimum atomic E-state index is -0.471. The summed E-state index contributed by atoms with van der Waals surface area (Å²) in [5.41, 5.74) is 6.57. The highest BCUT2D eigenvalue weighted by Gasteiger charge is 2.16. The lowest BCUT2D eigenvalue weighted by molar-refractivity contribution is -0.134. The molecule has 0 bridgehead atoms. The fourth-order valence-corrected chi connectivity index (χ4v) is 2.48. The van der Waals surface area contributed by atoms with E-state index in [1.165, 1.54) is 4.90 Å². The Morgan fingerprint density at radius 1 is 1.00 bits per heavy atom. The highest BCUT2D eigenvalue weighted by molar-refractivity contribution is 5.89. The highest BCUT2D eigenvalue weighted by atomic mass is 16.5.